The summed E-state index contributed by atoms with van der Waals surface area (Å²) < 4.78 is 4.87. The van der Waals surface area contributed by atoms with E-state index in [4.69, 9.17) is 14.9 Å². The number of carbonyl (C=O) groups is 4. The average Bonchev–Trinajstić information content (AvgIpc) is 2.24. The van der Waals surface area contributed by atoms with Crippen LogP contribution in [0.5, 0.6) is 0 Å². The molecular weight excluding hydrogens is 282 g/mol. The fourth-order valence-corrected chi connectivity index (χ4v) is 1.51. The van der Waals surface area contributed by atoms with Gasteiger partial charge in [-0.15, -0.1) is 0 Å². The van der Waals surface area contributed by atoms with Crippen LogP contribution < -0.4 is 5.32 Å². The number of alkyl carbamates (subject to hydrolysis) is 1. The zero-order valence-electron chi connectivity index (χ0n) is 12.7. The maximum absolute atomic E-state index is 11.9. The number of rotatable bonds is 6. The number of hydrogen-bond acceptors (Lipinski definition) is 5. The number of carbonyl (C=O) groups excluding carboxylic acids is 2. The van der Waals surface area contributed by atoms with E-state index in [9.17, 15) is 19.2 Å². The number of ketones is 1. The summed E-state index contributed by atoms with van der Waals surface area (Å²) in [5, 5.41) is 20.1. The number of carboxylic acids is 2. The molecule has 3 N–H and O–H groups in total. The van der Waals surface area contributed by atoms with Gasteiger partial charge in [-0.2, -0.15) is 0 Å². The highest BCUT2D eigenvalue weighted by Crippen LogP contribution is 2.14. The lowest BCUT2D eigenvalue weighted by Gasteiger charge is -2.25. The lowest BCUT2D eigenvalue weighted by molar-refractivity contribution is -0.155. The van der Waals surface area contributed by atoms with E-state index in [-0.39, 0.29) is 0 Å². The van der Waals surface area contributed by atoms with Crippen molar-refractivity contribution in [1.29, 1.82) is 0 Å². The highest BCUT2D eigenvalue weighted by atomic mass is 16.6. The van der Waals surface area contributed by atoms with Gasteiger partial charge in [0, 0.05) is 5.92 Å². The molecule has 0 saturated carbocycles. The van der Waals surface area contributed by atoms with E-state index < -0.39 is 47.3 Å². The zero-order valence-corrected chi connectivity index (χ0v) is 12.7. The molecule has 120 valence electrons. The Bertz CT molecular complexity index is 436. The third-order valence-electron chi connectivity index (χ3n) is 2.41. The van der Waals surface area contributed by atoms with Crippen molar-refractivity contribution in [2.75, 3.05) is 0 Å². The molecule has 0 spiro atoms. The molecule has 1 amide bonds. The summed E-state index contributed by atoms with van der Waals surface area (Å²) in [6.45, 7) is 7.60. The molecule has 2 atom stereocenters. The van der Waals surface area contributed by atoms with Gasteiger partial charge in [-0.1, -0.05) is 13.8 Å². The van der Waals surface area contributed by atoms with Crippen LogP contribution in [0, 0.1) is 11.8 Å². The van der Waals surface area contributed by atoms with Crippen molar-refractivity contribution in [2.24, 2.45) is 11.8 Å². The third-order valence-corrected chi connectivity index (χ3v) is 2.41. The number of Topliss-reactive ketones (excluding diaryl/α,β-unsaturated/α-hetero) is 1. The molecule has 8 heteroatoms. The van der Waals surface area contributed by atoms with Crippen LogP contribution in [0.3, 0.4) is 0 Å². The minimum atomic E-state index is -1.90. The van der Waals surface area contributed by atoms with Gasteiger partial charge in [-0.05, 0) is 20.8 Å². The summed E-state index contributed by atoms with van der Waals surface area (Å²) in [7, 11) is 0. The van der Waals surface area contributed by atoms with Crippen LogP contribution in [0.4, 0.5) is 4.79 Å². The first-order valence-corrected chi connectivity index (χ1v) is 6.35. The first kappa shape index (κ1) is 18.9. The number of carboxylic acid groups (broad SMARTS) is 2. The van der Waals surface area contributed by atoms with Crippen molar-refractivity contribution < 1.29 is 34.1 Å². The van der Waals surface area contributed by atoms with Gasteiger partial charge in [0.1, 0.15) is 17.6 Å². The molecule has 0 radical (unpaired) electrons. The van der Waals surface area contributed by atoms with Crippen molar-refractivity contribution in [3.63, 3.8) is 0 Å². The second-order valence-electron chi connectivity index (χ2n) is 5.84. The van der Waals surface area contributed by atoms with Crippen molar-refractivity contribution in [2.45, 2.75) is 46.3 Å². The molecule has 0 aliphatic rings. The number of nitrogens with one attached hydrogen (secondary N) is 1. The van der Waals surface area contributed by atoms with E-state index in [1.54, 1.807) is 20.8 Å². The van der Waals surface area contributed by atoms with Gasteiger partial charge in [-0.3, -0.25) is 9.59 Å². The van der Waals surface area contributed by atoms with Gasteiger partial charge in [0.15, 0.2) is 5.78 Å². The van der Waals surface area contributed by atoms with Crippen LogP contribution in [0.2, 0.25) is 0 Å². The third kappa shape index (κ3) is 6.24. The predicted octanol–water partition coefficient (Wildman–Crippen LogP) is 0.890. The number of amides is 1. The van der Waals surface area contributed by atoms with Crippen LogP contribution >= 0.6 is 0 Å². The van der Waals surface area contributed by atoms with E-state index in [2.05, 4.69) is 0 Å². The molecular formula is C13H21NO7. The Morgan fingerprint density at radius 2 is 1.48 bits per heavy atom. The van der Waals surface area contributed by atoms with E-state index >= 15 is 0 Å². The Hall–Kier alpha value is -2.12. The molecule has 0 heterocycles. The maximum atomic E-state index is 11.9. The van der Waals surface area contributed by atoms with Gasteiger partial charge in [0.05, 0.1) is 0 Å². The van der Waals surface area contributed by atoms with Crippen molar-refractivity contribution in [1.82, 2.24) is 5.32 Å². The lowest BCUT2D eigenvalue weighted by atomic mass is 9.89. The summed E-state index contributed by atoms with van der Waals surface area (Å²) in [6.07, 6.45) is -1.10. The van der Waals surface area contributed by atoms with Gasteiger partial charge in [0.25, 0.3) is 0 Å². The fraction of sp³-hybridized carbons (Fsp3) is 0.692. The normalized spacial score (nSPS) is 14.2. The molecule has 0 fully saturated rings. The minimum absolute atomic E-state index is 0.687. The van der Waals surface area contributed by atoms with Gasteiger partial charge < -0.3 is 20.3 Å². The van der Waals surface area contributed by atoms with E-state index in [0.29, 0.717) is 0 Å². The lowest BCUT2D eigenvalue weighted by Crippen LogP contribution is -2.53. The van der Waals surface area contributed by atoms with Gasteiger partial charge >= 0.3 is 18.0 Å². The molecule has 0 aromatic heterocycles. The summed E-state index contributed by atoms with van der Waals surface area (Å²) in [5.41, 5.74) is -0.881. The van der Waals surface area contributed by atoms with Gasteiger partial charge in [-0.25, -0.2) is 9.59 Å². The van der Waals surface area contributed by atoms with Gasteiger partial charge in [0.2, 0.25) is 0 Å². The summed E-state index contributed by atoms with van der Waals surface area (Å²) in [6, 6.07) is -1.90. The number of hydrogen-bond donors (Lipinski definition) is 3. The van der Waals surface area contributed by atoms with Crippen LogP contribution in [0.25, 0.3) is 0 Å². The van der Waals surface area contributed by atoms with Crippen molar-refractivity contribution >= 4 is 23.8 Å². The summed E-state index contributed by atoms with van der Waals surface area (Å²) in [4.78, 5) is 45.8. The first-order valence-electron chi connectivity index (χ1n) is 6.35. The molecule has 0 saturated heterocycles. The Morgan fingerprint density at radius 1 is 1.00 bits per heavy atom. The second kappa shape index (κ2) is 7.05. The molecule has 0 bridgehead atoms. The molecule has 0 aromatic rings. The monoisotopic (exact) mass is 303 g/mol. The molecule has 8 nitrogen and oxygen atoms in total. The quantitative estimate of drug-likeness (QED) is 0.621. The predicted molar refractivity (Wildman–Crippen MR) is 71.8 cm³/mol. The highest BCUT2D eigenvalue weighted by Gasteiger charge is 2.41. The number of aliphatic carboxylic acids is 2. The summed E-state index contributed by atoms with van der Waals surface area (Å²) >= 11 is 0. The Balaban J connectivity index is 5.27. The largest absolute Gasteiger partial charge is 0.481 e. The van der Waals surface area contributed by atoms with Crippen LogP contribution in [0.15, 0.2) is 0 Å². The average molecular weight is 303 g/mol. The molecule has 21 heavy (non-hydrogen) atoms. The zero-order chi connectivity index (χ0) is 17.0. The Kier molecular flexibility index (Phi) is 6.34. The second-order valence-corrected chi connectivity index (χ2v) is 5.84. The van der Waals surface area contributed by atoms with Crippen molar-refractivity contribution in [3.8, 4) is 0 Å². The van der Waals surface area contributed by atoms with E-state index in [0.717, 1.165) is 0 Å². The maximum Gasteiger partial charge on any atom is 0.408 e. The van der Waals surface area contributed by atoms with E-state index in [1.165, 1.54) is 13.8 Å². The Morgan fingerprint density at radius 3 is 1.76 bits per heavy atom. The molecule has 0 rings (SSSR count). The SMILES string of the molecule is CC(C)C(=O)C(C(=O)O)[C@@H](NC(=O)OC(C)(C)C)C(=O)O. The molecule has 0 aromatic carbocycles. The summed E-state index contributed by atoms with van der Waals surface area (Å²) in [5.74, 6) is -6.59. The standard InChI is InChI=1S/C13H21NO7/c1-6(2)9(15)7(10(16)17)8(11(18)19)14-12(20)21-13(3,4)5/h6-8H,1-5H3,(H,14,20)(H,16,17)(H,18,19)/t7?,8-/m1/s1. The topological polar surface area (TPSA) is 130 Å². The molecule has 0 aliphatic heterocycles. The van der Waals surface area contributed by atoms with E-state index in [1.807, 2.05) is 5.32 Å². The Labute approximate surface area is 122 Å². The molecule has 1 unspecified atom stereocenters. The highest BCUT2D eigenvalue weighted by molar-refractivity contribution is 6.04. The fourth-order valence-electron chi connectivity index (χ4n) is 1.51. The van der Waals surface area contributed by atoms with Crippen LogP contribution in [-0.2, 0) is 19.1 Å². The van der Waals surface area contributed by atoms with Crippen LogP contribution in [0.1, 0.15) is 34.6 Å². The number of ether oxygens (including phenoxy) is 1. The first-order chi connectivity index (χ1) is 9.36. The smallest absolute Gasteiger partial charge is 0.408 e. The molecule has 0 aliphatic carbocycles. The van der Waals surface area contributed by atoms with Crippen LogP contribution in [-0.4, -0.2) is 45.7 Å². The minimum Gasteiger partial charge on any atom is -0.481 e. The van der Waals surface area contributed by atoms with Crippen molar-refractivity contribution in [3.05, 3.63) is 0 Å².